The Morgan fingerprint density at radius 3 is 2.32 bits per heavy atom. The normalized spacial score (nSPS) is 14.8. The van der Waals surface area contributed by atoms with Gasteiger partial charge in [-0.2, -0.15) is 0 Å². The minimum absolute atomic E-state index is 0.0427. The Labute approximate surface area is 164 Å². The van der Waals surface area contributed by atoms with E-state index in [1.807, 2.05) is 42.5 Å². The molecule has 0 atom stereocenters. The summed E-state index contributed by atoms with van der Waals surface area (Å²) in [4.78, 5) is 36.1. The van der Waals surface area contributed by atoms with Gasteiger partial charge in [-0.15, -0.1) is 0 Å². The number of rotatable bonds is 3. The predicted octanol–water partition coefficient (Wildman–Crippen LogP) is 2.22. The van der Waals surface area contributed by atoms with E-state index in [0.717, 1.165) is 36.1 Å². The van der Waals surface area contributed by atoms with Crippen molar-refractivity contribution in [3.05, 3.63) is 70.8 Å². The first kappa shape index (κ1) is 19.6. The monoisotopic (exact) mass is 380 g/mol. The second-order valence-corrected chi connectivity index (χ2v) is 6.60. The van der Waals surface area contributed by atoms with Crippen LogP contribution >= 0.6 is 0 Å². The summed E-state index contributed by atoms with van der Waals surface area (Å²) in [5, 5.41) is 2.80. The lowest BCUT2D eigenvalue weighted by molar-refractivity contribution is -0.143. The first-order valence-electron chi connectivity index (χ1n) is 9.49. The molecule has 2 aliphatic rings. The second kappa shape index (κ2) is 9.17. The van der Waals surface area contributed by atoms with E-state index in [2.05, 4.69) is 5.32 Å². The van der Waals surface area contributed by atoms with Crippen LogP contribution < -0.4 is 5.32 Å². The van der Waals surface area contributed by atoms with Gasteiger partial charge in [-0.25, -0.2) is 0 Å². The summed E-state index contributed by atoms with van der Waals surface area (Å²) < 4.78 is 4.85. The maximum absolute atomic E-state index is 12.1. The quantitative estimate of drug-likeness (QED) is 0.829. The highest BCUT2D eigenvalue weighted by molar-refractivity contribution is 5.98. The van der Waals surface area contributed by atoms with Gasteiger partial charge in [0.15, 0.2) is 0 Å². The fourth-order valence-electron chi connectivity index (χ4n) is 3.35. The number of hydrogen-bond acceptors (Lipinski definition) is 4. The van der Waals surface area contributed by atoms with Gasteiger partial charge in [0.05, 0.1) is 6.61 Å². The average Bonchev–Trinajstić information content (AvgIpc) is 2.71. The highest BCUT2D eigenvalue weighted by Gasteiger charge is 2.25. The summed E-state index contributed by atoms with van der Waals surface area (Å²) in [6.07, 6.45) is 1.75. The Kier molecular flexibility index (Phi) is 6.42. The molecule has 146 valence electrons. The zero-order chi connectivity index (χ0) is 19.9. The number of amides is 2. The minimum Gasteiger partial charge on any atom is -0.465 e. The van der Waals surface area contributed by atoms with Gasteiger partial charge < -0.3 is 15.0 Å². The van der Waals surface area contributed by atoms with Crippen molar-refractivity contribution in [3.63, 3.8) is 0 Å². The molecule has 0 bridgehead atoms. The lowest BCUT2D eigenvalue weighted by atomic mass is 9.99. The predicted molar refractivity (Wildman–Crippen MR) is 105 cm³/mol. The summed E-state index contributed by atoms with van der Waals surface area (Å²) in [5.41, 5.74) is 3.75. The fourth-order valence-corrected chi connectivity index (χ4v) is 3.35. The van der Waals surface area contributed by atoms with E-state index >= 15 is 0 Å². The third kappa shape index (κ3) is 4.57. The molecule has 28 heavy (non-hydrogen) atoms. The largest absolute Gasteiger partial charge is 0.465 e. The van der Waals surface area contributed by atoms with Crippen LogP contribution in [-0.2, 0) is 22.4 Å². The van der Waals surface area contributed by atoms with Crippen molar-refractivity contribution in [2.45, 2.75) is 19.8 Å². The summed E-state index contributed by atoms with van der Waals surface area (Å²) in [7, 11) is 0. The van der Waals surface area contributed by atoms with Crippen LogP contribution in [0.2, 0.25) is 0 Å². The molecule has 2 amide bonds. The van der Waals surface area contributed by atoms with Crippen molar-refractivity contribution in [1.29, 1.82) is 0 Å². The first-order chi connectivity index (χ1) is 13.6. The second-order valence-electron chi connectivity index (χ2n) is 6.60. The van der Waals surface area contributed by atoms with Gasteiger partial charge in [0.25, 0.3) is 11.8 Å². The van der Waals surface area contributed by atoms with Crippen molar-refractivity contribution in [1.82, 2.24) is 10.2 Å². The number of nitrogens with one attached hydrogen (secondary N) is 1. The van der Waals surface area contributed by atoms with Crippen LogP contribution in [0.1, 0.15) is 38.8 Å². The van der Waals surface area contributed by atoms with E-state index in [-0.39, 0.29) is 24.3 Å². The Morgan fingerprint density at radius 1 is 1.00 bits per heavy atom. The molecule has 0 spiro atoms. The molecule has 0 unspecified atom stereocenters. The van der Waals surface area contributed by atoms with E-state index in [9.17, 15) is 14.4 Å². The van der Waals surface area contributed by atoms with Crippen molar-refractivity contribution in [2.24, 2.45) is 0 Å². The number of carbonyl (C=O) groups excluding carboxylic acids is 3. The van der Waals surface area contributed by atoms with Gasteiger partial charge in [0.1, 0.15) is 6.54 Å². The fraction of sp³-hybridized carbons (Fsp3) is 0.318. The highest BCUT2D eigenvalue weighted by atomic mass is 16.5. The van der Waals surface area contributed by atoms with Crippen molar-refractivity contribution < 1.29 is 19.1 Å². The minimum atomic E-state index is -0.347. The standard InChI is InChI=1S/C13H15NO3.C9H9NO/c1-2-17-12(15)9-14-8-7-10-5-3-4-6-11(10)13(14)16;11-9-8-4-2-1-3-7(8)5-6-10-9/h3-6H,2,7-9H2,1H3;1-4H,5-6H2,(H,10,11). The number of benzene rings is 2. The van der Waals surface area contributed by atoms with E-state index < -0.39 is 0 Å². The Balaban J connectivity index is 0.000000176. The van der Waals surface area contributed by atoms with Crippen LogP contribution in [0.3, 0.4) is 0 Å². The summed E-state index contributed by atoms with van der Waals surface area (Å²) in [5.74, 6) is -0.369. The smallest absolute Gasteiger partial charge is 0.325 e. The van der Waals surface area contributed by atoms with Gasteiger partial charge in [-0.1, -0.05) is 36.4 Å². The zero-order valence-corrected chi connectivity index (χ0v) is 15.9. The van der Waals surface area contributed by atoms with Gasteiger partial charge in [-0.3, -0.25) is 14.4 Å². The molecule has 0 fully saturated rings. The number of ether oxygens (including phenoxy) is 1. The van der Waals surface area contributed by atoms with Crippen LogP contribution in [0.15, 0.2) is 48.5 Å². The Bertz CT molecular complexity index is 878. The van der Waals surface area contributed by atoms with Crippen molar-refractivity contribution >= 4 is 17.8 Å². The molecule has 1 N–H and O–H groups in total. The van der Waals surface area contributed by atoms with Crippen LogP contribution in [0.25, 0.3) is 0 Å². The Hall–Kier alpha value is -3.15. The number of esters is 1. The number of hydrogen-bond donors (Lipinski definition) is 1. The topological polar surface area (TPSA) is 75.7 Å². The van der Waals surface area contributed by atoms with Crippen LogP contribution in [0, 0.1) is 0 Å². The lowest BCUT2D eigenvalue weighted by Crippen LogP contribution is -2.41. The number of nitrogens with zero attached hydrogens (tertiary/aromatic N) is 1. The van der Waals surface area contributed by atoms with E-state index in [1.165, 1.54) is 0 Å². The molecule has 2 aromatic carbocycles. The molecule has 2 aromatic rings. The van der Waals surface area contributed by atoms with Crippen molar-refractivity contribution in [3.8, 4) is 0 Å². The molecule has 0 saturated heterocycles. The maximum Gasteiger partial charge on any atom is 0.325 e. The molecule has 0 saturated carbocycles. The Morgan fingerprint density at radius 2 is 1.64 bits per heavy atom. The molecule has 6 heteroatoms. The summed E-state index contributed by atoms with van der Waals surface area (Å²) in [6, 6.07) is 15.3. The van der Waals surface area contributed by atoms with E-state index in [4.69, 9.17) is 4.74 Å². The molecule has 2 heterocycles. The highest BCUT2D eigenvalue weighted by Crippen LogP contribution is 2.18. The average molecular weight is 380 g/mol. The zero-order valence-electron chi connectivity index (χ0n) is 15.9. The lowest BCUT2D eigenvalue weighted by Gasteiger charge is -2.27. The number of fused-ring (bicyclic) bond motifs is 2. The van der Waals surface area contributed by atoms with E-state index in [0.29, 0.717) is 18.7 Å². The van der Waals surface area contributed by atoms with Crippen LogP contribution in [0.4, 0.5) is 0 Å². The summed E-state index contributed by atoms with van der Waals surface area (Å²) >= 11 is 0. The van der Waals surface area contributed by atoms with Crippen molar-refractivity contribution in [2.75, 3.05) is 26.2 Å². The molecule has 4 rings (SSSR count). The van der Waals surface area contributed by atoms with Gasteiger partial charge >= 0.3 is 5.97 Å². The molecule has 0 radical (unpaired) electrons. The van der Waals surface area contributed by atoms with E-state index in [1.54, 1.807) is 17.9 Å². The molecule has 0 aromatic heterocycles. The number of carbonyl (C=O) groups is 3. The molecule has 6 nitrogen and oxygen atoms in total. The van der Waals surface area contributed by atoms with Gasteiger partial charge in [0.2, 0.25) is 0 Å². The van der Waals surface area contributed by atoms with Crippen LogP contribution in [-0.4, -0.2) is 48.9 Å². The van der Waals surface area contributed by atoms with Crippen LogP contribution in [0.5, 0.6) is 0 Å². The molecule has 2 aliphatic heterocycles. The first-order valence-corrected chi connectivity index (χ1v) is 9.49. The van der Waals surface area contributed by atoms with Gasteiger partial charge in [-0.05, 0) is 43.0 Å². The third-order valence-electron chi connectivity index (χ3n) is 4.75. The molecule has 0 aliphatic carbocycles. The molecular formula is C22H24N2O4. The third-order valence-corrected chi connectivity index (χ3v) is 4.75. The summed E-state index contributed by atoms with van der Waals surface area (Å²) in [6.45, 7) is 3.49. The maximum atomic E-state index is 12.1. The molecular weight excluding hydrogens is 356 g/mol. The van der Waals surface area contributed by atoms with Gasteiger partial charge in [0, 0.05) is 24.2 Å². The SMILES string of the molecule is CCOC(=O)CN1CCc2ccccc2C1=O.O=C1NCCc2ccccc21.